The minimum Gasteiger partial charge on any atom is -0.385 e. The van der Waals surface area contributed by atoms with E-state index in [4.69, 9.17) is 0 Å². The second kappa shape index (κ2) is 6.64. The fourth-order valence-corrected chi connectivity index (χ4v) is 3.66. The molecule has 2 atom stereocenters. The lowest BCUT2D eigenvalue weighted by Crippen LogP contribution is -2.36. The Morgan fingerprint density at radius 2 is 1.68 bits per heavy atom. The Labute approximate surface area is 133 Å². The standard InChI is InChI=1S/C20H25NO/c1-2-20(22,18-11-7-4-8-12-18)19-13-14-21(16-19)15-17-9-5-3-6-10-17/h3-12,19,22H,2,13-16H2,1H3. The smallest absolute Gasteiger partial charge is 0.0934 e. The van der Waals surface area contributed by atoms with Crippen LogP contribution in [0.4, 0.5) is 0 Å². The van der Waals surface area contributed by atoms with Crippen molar-refractivity contribution in [2.75, 3.05) is 13.1 Å². The Hall–Kier alpha value is -1.64. The van der Waals surface area contributed by atoms with Gasteiger partial charge in [-0.3, -0.25) is 4.90 Å². The summed E-state index contributed by atoms with van der Waals surface area (Å²) in [6, 6.07) is 20.8. The first-order chi connectivity index (χ1) is 10.7. The highest BCUT2D eigenvalue weighted by atomic mass is 16.3. The molecule has 1 N–H and O–H groups in total. The summed E-state index contributed by atoms with van der Waals surface area (Å²) in [4.78, 5) is 2.46. The number of hydrogen-bond acceptors (Lipinski definition) is 2. The lowest BCUT2D eigenvalue weighted by molar-refractivity contribution is -0.0244. The van der Waals surface area contributed by atoms with Gasteiger partial charge in [0, 0.05) is 19.0 Å². The molecule has 0 bridgehead atoms. The maximum atomic E-state index is 11.2. The monoisotopic (exact) mass is 295 g/mol. The van der Waals surface area contributed by atoms with Crippen molar-refractivity contribution in [2.45, 2.75) is 31.9 Å². The number of rotatable bonds is 5. The van der Waals surface area contributed by atoms with E-state index in [1.807, 2.05) is 18.2 Å². The van der Waals surface area contributed by atoms with Gasteiger partial charge < -0.3 is 5.11 Å². The Kier molecular flexibility index (Phi) is 4.60. The van der Waals surface area contributed by atoms with Gasteiger partial charge in [-0.05, 0) is 30.5 Å². The third-order valence-electron chi connectivity index (χ3n) is 5.01. The highest BCUT2D eigenvalue weighted by Crippen LogP contribution is 2.38. The maximum absolute atomic E-state index is 11.2. The second-order valence-electron chi connectivity index (χ2n) is 6.35. The molecular formula is C20H25NO. The first-order valence-corrected chi connectivity index (χ1v) is 8.26. The van der Waals surface area contributed by atoms with E-state index in [0.717, 1.165) is 38.0 Å². The van der Waals surface area contributed by atoms with Crippen LogP contribution in [0.1, 0.15) is 30.9 Å². The minimum atomic E-state index is -0.702. The topological polar surface area (TPSA) is 23.5 Å². The Bertz CT molecular complexity index is 583. The number of aliphatic hydroxyl groups is 1. The first-order valence-electron chi connectivity index (χ1n) is 8.26. The van der Waals surface area contributed by atoms with Crippen LogP contribution in [-0.4, -0.2) is 23.1 Å². The maximum Gasteiger partial charge on any atom is 0.0934 e. The van der Waals surface area contributed by atoms with Crippen LogP contribution in [-0.2, 0) is 12.1 Å². The second-order valence-corrected chi connectivity index (χ2v) is 6.35. The summed E-state index contributed by atoms with van der Waals surface area (Å²) in [6.45, 7) is 5.10. The molecule has 0 saturated carbocycles. The number of benzene rings is 2. The molecule has 0 aliphatic carbocycles. The summed E-state index contributed by atoms with van der Waals surface area (Å²) < 4.78 is 0. The molecule has 1 saturated heterocycles. The summed E-state index contributed by atoms with van der Waals surface area (Å²) in [6.07, 6.45) is 1.83. The van der Waals surface area contributed by atoms with Crippen LogP contribution in [0, 0.1) is 5.92 Å². The van der Waals surface area contributed by atoms with Crippen LogP contribution in [0.25, 0.3) is 0 Å². The fraction of sp³-hybridized carbons (Fsp3) is 0.400. The molecule has 22 heavy (non-hydrogen) atoms. The molecule has 0 radical (unpaired) electrons. The van der Waals surface area contributed by atoms with Gasteiger partial charge >= 0.3 is 0 Å². The van der Waals surface area contributed by atoms with Crippen LogP contribution < -0.4 is 0 Å². The predicted octanol–water partition coefficient (Wildman–Crippen LogP) is 3.81. The fourth-order valence-electron chi connectivity index (χ4n) is 3.66. The molecule has 0 aromatic heterocycles. The quantitative estimate of drug-likeness (QED) is 0.907. The highest BCUT2D eigenvalue weighted by molar-refractivity contribution is 5.24. The van der Waals surface area contributed by atoms with Crippen molar-refractivity contribution in [3.8, 4) is 0 Å². The minimum absolute atomic E-state index is 0.309. The van der Waals surface area contributed by atoms with Crippen molar-refractivity contribution in [1.29, 1.82) is 0 Å². The summed E-state index contributed by atoms with van der Waals surface area (Å²) in [7, 11) is 0. The van der Waals surface area contributed by atoms with E-state index in [0.29, 0.717) is 5.92 Å². The van der Waals surface area contributed by atoms with E-state index in [-0.39, 0.29) is 0 Å². The average molecular weight is 295 g/mol. The van der Waals surface area contributed by atoms with Crippen LogP contribution >= 0.6 is 0 Å². The van der Waals surface area contributed by atoms with Crippen molar-refractivity contribution in [2.24, 2.45) is 5.92 Å². The van der Waals surface area contributed by atoms with Gasteiger partial charge in [-0.2, -0.15) is 0 Å². The molecular weight excluding hydrogens is 270 g/mol. The Morgan fingerprint density at radius 3 is 2.32 bits per heavy atom. The van der Waals surface area contributed by atoms with Crippen molar-refractivity contribution in [3.05, 3.63) is 71.8 Å². The van der Waals surface area contributed by atoms with E-state index in [1.54, 1.807) is 0 Å². The molecule has 3 rings (SSSR count). The van der Waals surface area contributed by atoms with E-state index in [2.05, 4.69) is 54.3 Å². The summed E-state index contributed by atoms with van der Waals surface area (Å²) in [5, 5.41) is 11.2. The van der Waals surface area contributed by atoms with Gasteiger partial charge in [0.25, 0.3) is 0 Å². The van der Waals surface area contributed by atoms with Gasteiger partial charge in [-0.15, -0.1) is 0 Å². The summed E-state index contributed by atoms with van der Waals surface area (Å²) in [5.41, 5.74) is 1.71. The van der Waals surface area contributed by atoms with Crippen LogP contribution in [0.5, 0.6) is 0 Å². The summed E-state index contributed by atoms with van der Waals surface area (Å²) >= 11 is 0. The molecule has 0 amide bonds. The third kappa shape index (κ3) is 3.08. The van der Waals surface area contributed by atoms with Gasteiger partial charge in [0.15, 0.2) is 0 Å². The molecule has 2 nitrogen and oxygen atoms in total. The number of likely N-dealkylation sites (tertiary alicyclic amines) is 1. The van der Waals surface area contributed by atoms with E-state index in [9.17, 15) is 5.11 Å². The largest absolute Gasteiger partial charge is 0.385 e. The zero-order valence-electron chi connectivity index (χ0n) is 13.3. The predicted molar refractivity (Wildman–Crippen MR) is 90.5 cm³/mol. The number of hydrogen-bond donors (Lipinski definition) is 1. The molecule has 2 aromatic rings. The van der Waals surface area contributed by atoms with Crippen LogP contribution in [0.3, 0.4) is 0 Å². The molecule has 1 heterocycles. The van der Waals surface area contributed by atoms with Crippen LogP contribution in [0.15, 0.2) is 60.7 Å². The molecule has 116 valence electrons. The van der Waals surface area contributed by atoms with Gasteiger partial charge in [-0.1, -0.05) is 67.6 Å². The zero-order valence-corrected chi connectivity index (χ0v) is 13.3. The van der Waals surface area contributed by atoms with Crippen molar-refractivity contribution >= 4 is 0 Å². The van der Waals surface area contributed by atoms with E-state index < -0.39 is 5.60 Å². The molecule has 2 heteroatoms. The first kappa shape index (κ1) is 15.3. The SMILES string of the molecule is CCC(O)(c1ccccc1)C1CCN(Cc2ccccc2)C1. The normalized spacial score (nSPS) is 21.6. The number of nitrogens with zero attached hydrogens (tertiary/aromatic N) is 1. The highest BCUT2D eigenvalue weighted by Gasteiger charge is 2.40. The molecule has 1 aliphatic rings. The lowest BCUT2D eigenvalue weighted by Gasteiger charge is -2.34. The van der Waals surface area contributed by atoms with Crippen molar-refractivity contribution in [3.63, 3.8) is 0 Å². The Balaban J connectivity index is 1.71. The molecule has 1 fully saturated rings. The lowest BCUT2D eigenvalue weighted by atomic mass is 9.79. The van der Waals surface area contributed by atoms with Crippen molar-refractivity contribution < 1.29 is 5.11 Å². The van der Waals surface area contributed by atoms with Gasteiger partial charge in [-0.25, -0.2) is 0 Å². The van der Waals surface area contributed by atoms with Crippen LogP contribution in [0.2, 0.25) is 0 Å². The van der Waals surface area contributed by atoms with Gasteiger partial charge in [0.2, 0.25) is 0 Å². The molecule has 2 unspecified atom stereocenters. The van der Waals surface area contributed by atoms with Gasteiger partial charge in [0.05, 0.1) is 5.60 Å². The average Bonchev–Trinajstić information content (AvgIpc) is 3.05. The molecule has 1 aliphatic heterocycles. The van der Waals surface area contributed by atoms with Gasteiger partial charge in [0.1, 0.15) is 0 Å². The Morgan fingerprint density at radius 1 is 1.05 bits per heavy atom. The van der Waals surface area contributed by atoms with E-state index >= 15 is 0 Å². The third-order valence-corrected chi connectivity index (χ3v) is 5.01. The van der Waals surface area contributed by atoms with Crippen molar-refractivity contribution in [1.82, 2.24) is 4.90 Å². The molecule has 2 aromatic carbocycles. The molecule has 0 spiro atoms. The zero-order chi connectivity index (χ0) is 15.4. The van der Waals surface area contributed by atoms with E-state index in [1.165, 1.54) is 5.56 Å². The summed E-state index contributed by atoms with van der Waals surface area (Å²) in [5.74, 6) is 0.309.